The molecule has 0 saturated heterocycles. The van der Waals surface area contributed by atoms with Crippen molar-refractivity contribution < 1.29 is 13.9 Å². The highest BCUT2D eigenvalue weighted by atomic mass is 19.1. The summed E-state index contributed by atoms with van der Waals surface area (Å²) in [5, 5.41) is 7.61. The van der Waals surface area contributed by atoms with Gasteiger partial charge in [0.25, 0.3) is 0 Å². The lowest BCUT2D eigenvalue weighted by atomic mass is 10.0. The normalized spacial score (nSPS) is 12.0. The van der Waals surface area contributed by atoms with E-state index in [0.29, 0.717) is 16.6 Å². The number of nitrogens with one attached hydrogen (secondary N) is 1. The first-order chi connectivity index (χ1) is 12.7. The molecule has 2 aromatic carbocycles. The van der Waals surface area contributed by atoms with Crippen LogP contribution in [-0.4, -0.2) is 21.2 Å². The van der Waals surface area contributed by atoms with E-state index in [0.717, 1.165) is 10.9 Å². The Morgan fingerprint density at radius 1 is 1.00 bits per heavy atom. The monoisotopic (exact) mass is 347 g/mol. The van der Waals surface area contributed by atoms with E-state index in [1.807, 2.05) is 6.07 Å². The van der Waals surface area contributed by atoms with Crippen LogP contribution in [0.4, 0.5) is 4.39 Å². The third kappa shape index (κ3) is 3.04. The van der Waals surface area contributed by atoms with Gasteiger partial charge in [-0.25, -0.2) is 9.18 Å². The number of pyridine rings is 1. The van der Waals surface area contributed by atoms with Crippen molar-refractivity contribution >= 4 is 16.9 Å². The smallest absolute Gasteiger partial charge is 0.341 e. The third-order valence-corrected chi connectivity index (χ3v) is 4.10. The highest BCUT2D eigenvalue weighted by Gasteiger charge is 2.22. The molecule has 0 aliphatic heterocycles. The first-order valence-electron chi connectivity index (χ1n) is 8.01. The lowest BCUT2D eigenvalue weighted by Crippen LogP contribution is -2.13. The van der Waals surface area contributed by atoms with Crippen LogP contribution in [0.3, 0.4) is 0 Å². The number of ether oxygens (including phenoxy) is 1. The van der Waals surface area contributed by atoms with Crippen molar-refractivity contribution in [2.75, 3.05) is 0 Å². The average Bonchev–Trinajstić information content (AvgIpc) is 3.16. The predicted molar refractivity (Wildman–Crippen MR) is 94.0 cm³/mol. The SMILES string of the molecule is O=C(O[C@H](c1ccncc1)c1ccc(F)cc1)c1cccc2cn[nH]c12. The minimum atomic E-state index is -0.677. The van der Waals surface area contributed by atoms with Crippen molar-refractivity contribution in [3.05, 3.63) is 95.7 Å². The Labute approximate surface area is 148 Å². The molecule has 1 N–H and O–H groups in total. The van der Waals surface area contributed by atoms with E-state index in [9.17, 15) is 9.18 Å². The van der Waals surface area contributed by atoms with Crippen LogP contribution < -0.4 is 0 Å². The largest absolute Gasteiger partial charge is 0.449 e. The zero-order chi connectivity index (χ0) is 17.9. The number of nitrogens with zero attached hydrogens (tertiary/aromatic N) is 2. The number of aromatic nitrogens is 3. The summed E-state index contributed by atoms with van der Waals surface area (Å²) in [7, 11) is 0. The summed E-state index contributed by atoms with van der Waals surface area (Å²) in [6.07, 6.45) is 4.21. The number of benzene rings is 2. The Bertz CT molecular complexity index is 1050. The molecule has 4 rings (SSSR count). The molecule has 0 aliphatic rings. The molecule has 0 radical (unpaired) electrons. The van der Waals surface area contributed by atoms with Crippen molar-refractivity contribution in [2.45, 2.75) is 6.10 Å². The number of fused-ring (bicyclic) bond motifs is 1. The summed E-state index contributed by atoms with van der Waals surface area (Å²) in [5.74, 6) is -0.846. The van der Waals surface area contributed by atoms with Crippen LogP contribution in [0.5, 0.6) is 0 Å². The van der Waals surface area contributed by atoms with Crippen molar-refractivity contribution in [3.63, 3.8) is 0 Å². The molecule has 2 aromatic heterocycles. The van der Waals surface area contributed by atoms with E-state index in [1.54, 1.807) is 55.0 Å². The van der Waals surface area contributed by atoms with Crippen LogP contribution in [0.2, 0.25) is 0 Å². The quantitative estimate of drug-likeness (QED) is 0.566. The van der Waals surface area contributed by atoms with E-state index in [2.05, 4.69) is 15.2 Å². The maximum atomic E-state index is 13.3. The molecule has 0 spiro atoms. The summed E-state index contributed by atoms with van der Waals surface area (Å²) in [4.78, 5) is 16.8. The highest BCUT2D eigenvalue weighted by Crippen LogP contribution is 2.28. The van der Waals surface area contributed by atoms with Gasteiger partial charge in [0.15, 0.2) is 6.10 Å². The second kappa shape index (κ2) is 6.76. The standard InChI is InChI=1S/C20H14FN3O2/c21-16-6-4-13(5-7-16)19(14-8-10-22-11-9-14)26-20(25)17-3-1-2-15-12-23-24-18(15)17/h1-12,19H,(H,23,24)/t19-/m0/s1. The molecule has 0 amide bonds. The molecule has 0 fully saturated rings. The number of carbonyl (C=O) groups excluding carboxylic acids is 1. The number of H-pyrrole nitrogens is 1. The number of aromatic amines is 1. The Morgan fingerprint density at radius 2 is 1.73 bits per heavy atom. The molecule has 2 heterocycles. The van der Waals surface area contributed by atoms with E-state index in [-0.39, 0.29) is 5.82 Å². The van der Waals surface area contributed by atoms with Crippen LogP contribution >= 0.6 is 0 Å². The second-order valence-corrected chi connectivity index (χ2v) is 5.76. The zero-order valence-electron chi connectivity index (χ0n) is 13.6. The van der Waals surface area contributed by atoms with Gasteiger partial charge in [-0.2, -0.15) is 5.10 Å². The van der Waals surface area contributed by atoms with Gasteiger partial charge in [0.2, 0.25) is 0 Å². The zero-order valence-corrected chi connectivity index (χ0v) is 13.6. The number of halogens is 1. The van der Waals surface area contributed by atoms with E-state index in [1.165, 1.54) is 12.1 Å². The van der Waals surface area contributed by atoms with Gasteiger partial charge in [-0.15, -0.1) is 0 Å². The number of rotatable bonds is 4. The van der Waals surface area contributed by atoms with E-state index in [4.69, 9.17) is 4.74 Å². The van der Waals surface area contributed by atoms with Crippen LogP contribution in [0.1, 0.15) is 27.6 Å². The highest BCUT2D eigenvalue weighted by molar-refractivity contribution is 6.02. The molecule has 0 unspecified atom stereocenters. The summed E-state index contributed by atoms with van der Waals surface area (Å²) in [5.41, 5.74) is 2.42. The molecule has 0 aliphatic carbocycles. The average molecular weight is 347 g/mol. The van der Waals surface area contributed by atoms with Gasteiger partial charge in [-0.05, 0) is 35.9 Å². The molecule has 5 nitrogen and oxygen atoms in total. The lowest BCUT2D eigenvalue weighted by molar-refractivity contribution is 0.0380. The Kier molecular flexibility index (Phi) is 4.15. The molecule has 6 heteroatoms. The number of esters is 1. The molecule has 0 saturated carbocycles. The first-order valence-corrected chi connectivity index (χ1v) is 8.01. The number of hydrogen-bond donors (Lipinski definition) is 1. The van der Waals surface area contributed by atoms with Crippen LogP contribution in [0.15, 0.2) is 73.2 Å². The molecule has 4 aromatic rings. The van der Waals surface area contributed by atoms with Gasteiger partial charge < -0.3 is 4.74 Å². The number of para-hydroxylation sites is 1. The molecule has 128 valence electrons. The van der Waals surface area contributed by atoms with Crippen LogP contribution in [0, 0.1) is 5.82 Å². The molecule has 1 atom stereocenters. The molecule has 26 heavy (non-hydrogen) atoms. The maximum absolute atomic E-state index is 13.3. The van der Waals surface area contributed by atoms with Gasteiger partial charge in [-0.3, -0.25) is 10.1 Å². The van der Waals surface area contributed by atoms with Crippen molar-refractivity contribution in [2.24, 2.45) is 0 Å². The Hall–Kier alpha value is -3.54. The van der Waals surface area contributed by atoms with Crippen LogP contribution in [-0.2, 0) is 4.74 Å². The second-order valence-electron chi connectivity index (χ2n) is 5.76. The van der Waals surface area contributed by atoms with Crippen molar-refractivity contribution in [1.82, 2.24) is 15.2 Å². The fraction of sp³-hybridized carbons (Fsp3) is 0.0500. The fourth-order valence-corrected chi connectivity index (χ4v) is 2.81. The summed E-state index contributed by atoms with van der Waals surface area (Å²) >= 11 is 0. The van der Waals surface area contributed by atoms with Gasteiger partial charge in [0, 0.05) is 23.3 Å². The third-order valence-electron chi connectivity index (χ3n) is 4.10. The first kappa shape index (κ1) is 16.0. The minimum Gasteiger partial charge on any atom is -0.449 e. The van der Waals surface area contributed by atoms with Crippen molar-refractivity contribution in [1.29, 1.82) is 0 Å². The molecule has 0 bridgehead atoms. The number of hydrogen-bond acceptors (Lipinski definition) is 4. The van der Waals surface area contributed by atoms with Gasteiger partial charge in [-0.1, -0.05) is 24.3 Å². The summed E-state index contributed by atoms with van der Waals surface area (Å²) < 4.78 is 19.1. The maximum Gasteiger partial charge on any atom is 0.341 e. The van der Waals surface area contributed by atoms with Crippen LogP contribution in [0.25, 0.3) is 10.9 Å². The van der Waals surface area contributed by atoms with Gasteiger partial charge >= 0.3 is 5.97 Å². The van der Waals surface area contributed by atoms with Gasteiger partial charge in [0.1, 0.15) is 5.82 Å². The van der Waals surface area contributed by atoms with E-state index < -0.39 is 12.1 Å². The lowest BCUT2D eigenvalue weighted by Gasteiger charge is -2.19. The van der Waals surface area contributed by atoms with Gasteiger partial charge in [0.05, 0.1) is 17.3 Å². The fourth-order valence-electron chi connectivity index (χ4n) is 2.81. The van der Waals surface area contributed by atoms with Crippen molar-refractivity contribution in [3.8, 4) is 0 Å². The molecular weight excluding hydrogens is 333 g/mol. The minimum absolute atomic E-state index is 0.351. The summed E-state index contributed by atoms with van der Waals surface area (Å²) in [6, 6.07) is 14.7. The predicted octanol–water partition coefficient (Wildman–Crippen LogP) is 4.04. The molecular formula is C20H14FN3O2. The van der Waals surface area contributed by atoms with E-state index >= 15 is 0 Å². The Morgan fingerprint density at radius 3 is 2.50 bits per heavy atom. The Balaban J connectivity index is 1.72. The topological polar surface area (TPSA) is 67.9 Å². The number of carbonyl (C=O) groups is 1. The summed E-state index contributed by atoms with van der Waals surface area (Å²) in [6.45, 7) is 0.